The number of hydrogen-bond donors (Lipinski definition) is 1. The third-order valence-electron chi connectivity index (χ3n) is 7.58. The van der Waals surface area contributed by atoms with Crippen molar-refractivity contribution in [2.24, 2.45) is 11.8 Å². The molecular weight excluding hydrogens is 517 g/mol. The van der Waals surface area contributed by atoms with Gasteiger partial charge in [0.25, 0.3) is 5.69 Å². The van der Waals surface area contributed by atoms with Crippen LogP contribution in [0.3, 0.4) is 0 Å². The summed E-state index contributed by atoms with van der Waals surface area (Å²) in [5.41, 5.74) is 2.91. The minimum Gasteiger partial charge on any atom is -0.326 e. The Labute approximate surface area is 221 Å². The van der Waals surface area contributed by atoms with E-state index < -0.39 is 44.2 Å². The summed E-state index contributed by atoms with van der Waals surface area (Å²) < 4.78 is 0. The molecule has 7 rings (SSSR count). The number of nitrogens with zero attached hydrogens (tertiary/aromatic N) is 2. The topological polar surface area (TPSA) is 110 Å². The molecule has 0 spiro atoms. The SMILES string of the molecule is O=C(CCN1C(=O)[C@H]2[C@H](C1=O)C1(Cl)c3ccccc3C2(Cl)c2ccccc21)Nc1cccc([N+](=O)[O-])c1. The number of non-ortho nitro benzene ring substituents is 1. The standard InChI is InChI=1S/C27H19Cl2N3O5/c28-26-17-8-1-2-9-18(17)27(29,20-11-4-3-10-19(20)26)23-22(26)24(34)31(25(23)35)13-12-21(33)30-15-6-5-7-16(14-15)32(36)37/h1-11,14,22-23H,12-13H2,(H,30,33)/t22-,23-,26?,27?/m1/s1. The summed E-state index contributed by atoms with van der Waals surface area (Å²) in [5.74, 6) is -3.29. The molecule has 2 bridgehead atoms. The quantitative estimate of drug-likeness (QED) is 0.223. The van der Waals surface area contributed by atoms with Gasteiger partial charge in [0, 0.05) is 30.8 Å². The van der Waals surface area contributed by atoms with E-state index in [-0.39, 0.29) is 24.3 Å². The van der Waals surface area contributed by atoms with Gasteiger partial charge in [0.2, 0.25) is 17.7 Å². The van der Waals surface area contributed by atoms with Crippen LogP contribution in [-0.2, 0) is 24.1 Å². The second-order valence-electron chi connectivity index (χ2n) is 9.40. The number of nitrogens with one attached hydrogen (secondary N) is 1. The van der Waals surface area contributed by atoms with Crippen LogP contribution in [0.15, 0.2) is 72.8 Å². The van der Waals surface area contributed by atoms with Crippen molar-refractivity contribution in [3.05, 3.63) is 105 Å². The number of carbonyl (C=O) groups is 3. The van der Waals surface area contributed by atoms with Gasteiger partial charge in [0.15, 0.2) is 0 Å². The van der Waals surface area contributed by atoms with Crippen LogP contribution in [0.4, 0.5) is 11.4 Å². The summed E-state index contributed by atoms with van der Waals surface area (Å²) in [4.78, 5) is 49.1. The van der Waals surface area contributed by atoms with Gasteiger partial charge in [-0.3, -0.25) is 29.4 Å². The van der Waals surface area contributed by atoms with E-state index in [4.69, 9.17) is 23.2 Å². The van der Waals surface area contributed by atoms with Crippen molar-refractivity contribution in [1.29, 1.82) is 0 Å². The highest BCUT2D eigenvalue weighted by Crippen LogP contribution is 2.69. The van der Waals surface area contributed by atoms with Gasteiger partial charge >= 0.3 is 0 Å². The predicted octanol–water partition coefficient (Wildman–Crippen LogP) is 4.52. The van der Waals surface area contributed by atoms with E-state index in [1.165, 1.54) is 24.3 Å². The van der Waals surface area contributed by atoms with Crippen molar-refractivity contribution in [2.45, 2.75) is 16.2 Å². The van der Waals surface area contributed by atoms with Crippen molar-refractivity contribution in [2.75, 3.05) is 11.9 Å². The number of carbonyl (C=O) groups excluding carboxylic acids is 3. The van der Waals surface area contributed by atoms with Crippen LogP contribution >= 0.6 is 23.2 Å². The molecule has 0 saturated carbocycles. The molecule has 1 fully saturated rings. The van der Waals surface area contributed by atoms with Gasteiger partial charge in [0.1, 0.15) is 9.75 Å². The number of halogens is 2. The average molecular weight is 536 g/mol. The molecule has 1 heterocycles. The highest BCUT2D eigenvalue weighted by Gasteiger charge is 2.72. The van der Waals surface area contributed by atoms with E-state index in [1.54, 1.807) is 0 Å². The number of benzene rings is 3. The molecule has 37 heavy (non-hydrogen) atoms. The normalized spacial score (nSPS) is 26.9. The summed E-state index contributed by atoms with van der Waals surface area (Å²) in [6.07, 6.45) is -0.190. The van der Waals surface area contributed by atoms with Gasteiger partial charge in [-0.15, -0.1) is 23.2 Å². The maximum Gasteiger partial charge on any atom is 0.271 e. The Kier molecular flexibility index (Phi) is 5.19. The Morgan fingerprint density at radius 3 is 1.81 bits per heavy atom. The highest BCUT2D eigenvalue weighted by molar-refractivity contribution is 6.36. The molecule has 3 amide bonds. The number of nitro groups is 1. The Balaban J connectivity index is 1.31. The zero-order valence-electron chi connectivity index (χ0n) is 19.2. The van der Waals surface area contributed by atoms with E-state index in [2.05, 4.69) is 5.32 Å². The van der Waals surface area contributed by atoms with Gasteiger partial charge < -0.3 is 5.32 Å². The molecule has 1 N–H and O–H groups in total. The minimum absolute atomic E-state index is 0.166. The third-order valence-corrected chi connectivity index (χ3v) is 8.86. The lowest BCUT2D eigenvalue weighted by atomic mass is 9.54. The van der Waals surface area contributed by atoms with Gasteiger partial charge in [-0.1, -0.05) is 54.6 Å². The van der Waals surface area contributed by atoms with E-state index in [0.717, 1.165) is 4.90 Å². The van der Waals surface area contributed by atoms with Gasteiger partial charge in [-0.2, -0.15) is 0 Å². The number of hydrogen-bond acceptors (Lipinski definition) is 5. The van der Waals surface area contributed by atoms with Crippen LogP contribution in [0, 0.1) is 22.0 Å². The van der Waals surface area contributed by atoms with Gasteiger partial charge in [-0.25, -0.2) is 0 Å². The molecule has 0 unspecified atom stereocenters. The van der Waals surface area contributed by atoms with Crippen molar-refractivity contribution in [3.8, 4) is 0 Å². The summed E-state index contributed by atoms with van der Waals surface area (Å²) in [6.45, 7) is -0.169. The van der Waals surface area contributed by atoms with Crippen LogP contribution < -0.4 is 5.32 Å². The Morgan fingerprint density at radius 1 is 0.865 bits per heavy atom. The van der Waals surface area contributed by atoms with E-state index >= 15 is 0 Å². The number of imide groups is 1. The predicted molar refractivity (Wildman–Crippen MR) is 136 cm³/mol. The van der Waals surface area contributed by atoms with Crippen molar-refractivity contribution in [1.82, 2.24) is 4.90 Å². The average Bonchev–Trinajstić information content (AvgIpc) is 3.16. The molecule has 3 aromatic carbocycles. The molecule has 0 radical (unpaired) electrons. The van der Waals surface area contributed by atoms with Gasteiger partial charge in [-0.05, 0) is 28.3 Å². The monoisotopic (exact) mass is 535 g/mol. The second kappa shape index (κ2) is 8.13. The highest BCUT2D eigenvalue weighted by atomic mass is 35.5. The number of amides is 3. The third kappa shape index (κ3) is 3.12. The number of alkyl halides is 2. The maximum absolute atomic E-state index is 13.8. The summed E-state index contributed by atoms with van der Waals surface area (Å²) in [7, 11) is 0. The fourth-order valence-corrected chi connectivity index (χ4v) is 7.18. The van der Waals surface area contributed by atoms with Gasteiger partial charge in [0.05, 0.1) is 16.8 Å². The molecular formula is C27H19Cl2N3O5. The zero-order valence-corrected chi connectivity index (χ0v) is 20.7. The zero-order chi connectivity index (χ0) is 26.1. The maximum atomic E-state index is 13.8. The molecule has 10 heteroatoms. The molecule has 4 aliphatic rings. The summed E-state index contributed by atoms with van der Waals surface area (Å²) in [6, 6.07) is 20.2. The Morgan fingerprint density at radius 2 is 1.35 bits per heavy atom. The molecule has 1 aliphatic heterocycles. The molecule has 2 atom stereocenters. The van der Waals surface area contributed by atoms with Crippen LogP contribution in [0.25, 0.3) is 0 Å². The van der Waals surface area contributed by atoms with Crippen molar-refractivity contribution < 1.29 is 19.3 Å². The van der Waals surface area contributed by atoms with Crippen LogP contribution in [0.1, 0.15) is 28.7 Å². The molecule has 186 valence electrons. The Hall–Kier alpha value is -3.75. The second-order valence-corrected chi connectivity index (χ2v) is 10.6. The fourth-order valence-electron chi connectivity index (χ4n) is 6.08. The summed E-state index contributed by atoms with van der Waals surface area (Å²) in [5, 5.41) is 13.6. The first-order valence-electron chi connectivity index (χ1n) is 11.7. The summed E-state index contributed by atoms with van der Waals surface area (Å²) >= 11 is 14.7. The molecule has 8 nitrogen and oxygen atoms in total. The lowest BCUT2D eigenvalue weighted by molar-refractivity contribution is -0.384. The van der Waals surface area contributed by atoms with Crippen LogP contribution in [0.2, 0.25) is 0 Å². The number of likely N-dealkylation sites (tertiary alicyclic amines) is 1. The Bertz CT molecular complexity index is 1400. The first-order valence-corrected chi connectivity index (χ1v) is 12.4. The largest absolute Gasteiger partial charge is 0.326 e. The van der Waals surface area contributed by atoms with Crippen LogP contribution in [0.5, 0.6) is 0 Å². The van der Waals surface area contributed by atoms with E-state index in [0.29, 0.717) is 22.3 Å². The lowest BCUT2D eigenvalue weighted by Crippen LogP contribution is -2.57. The number of nitro benzene ring substituents is 1. The first-order chi connectivity index (χ1) is 17.7. The van der Waals surface area contributed by atoms with E-state index in [1.807, 2.05) is 48.5 Å². The first kappa shape index (κ1) is 23.6. The molecule has 3 aromatic rings. The van der Waals surface area contributed by atoms with Crippen molar-refractivity contribution >= 4 is 52.3 Å². The fraction of sp³-hybridized carbons (Fsp3) is 0.222. The number of anilines is 1. The van der Waals surface area contributed by atoms with E-state index in [9.17, 15) is 24.5 Å². The molecule has 1 saturated heterocycles. The van der Waals surface area contributed by atoms with Crippen molar-refractivity contribution in [3.63, 3.8) is 0 Å². The molecule has 3 aliphatic carbocycles. The lowest BCUT2D eigenvalue weighted by Gasteiger charge is -2.54. The smallest absolute Gasteiger partial charge is 0.271 e. The molecule has 0 aromatic heterocycles. The number of rotatable bonds is 5. The van der Waals surface area contributed by atoms with Crippen LogP contribution in [-0.4, -0.2) is 34.1 Å². The minimum atomic E-state index is -1.28.